The fourth-order valence-electron chi connectivity index (χ4n) is 4.80. The summed E-state index contributed by atoms with van der Waals surface area (Å²) in [6.07, 6.45) is 3.87. The average molecular weight is 491 g/mol. The molecule has 0 amide bonds. The van der Waals surface area contributed by atoms with Gasteiger partial charge in [-0.25, -0.2) is 0 Å². The van der Waals surface area contributed by atoms with Crippen molar-refractivity contribution in [2.45, 2.75) is 0 Å². The van der Waals surface area contributed by atoms with E-state index in [1.165, 1.54) is 43.1 Å². The molecule has 7 rings (SSSR count). The average Bonchev–Trinajstić information content (AvgIpc) is 3.40. The maximum absolute atomic E-state index is 4.74. The van der Waals surface area contributed by atoms with Crippen molar-refractivity contribution in [1.82, 2.24) is 0 Å². The summed E-state index contributed by atoms with van der Waals surface area (Å²) in [5, 5.41) is 9.89. The minimum absolute atomic E-state index is 0.954. The van der Waals surface area contributed by atoms with Crippen LogP contribution in [0.15, 0.2) is 131 Å². The molecule has 0 fully saturated rings. The normalized spacial score (nSPS) is 12.1. The molecule has 0 spiro atoms. The monoisotopic (exact) mass is 490 g/mol. The fraction of sp³-hybridized carbons (Fsp3) is 0. The summed E-state index contributed by atoms with van der Waals surface area (Å²) in [5.41, 5.74) is 1.91. The number of aliphatic imine (C=N–C) groups is 2. The van der Waals surface area contributed by atoms with E-state index in [0.29, 0.717) is 0 Å². The van der Waals surface area contributed by atoms with Crippen LogP contribution in [0.4, 0.5) is 11.4 Å². The van der Waals surface area contributed by atoms with Crippen molar-refractivity contribution in [2.24, 2.45) is 9.98 Å². The van der Waals surface area contributed by atoms with Crippen LogP contribution in [0.25, 0.3) is 43.1 Å². The van der Waals surface area contributed by atoms with Crippen LogP contribution in [0.1, 0.15) is 9.75 Å². The smallest absolute Gasteiger partial charge is 0.0636 e. The number of nitrogens with zero attached hydrogens (tertiary/aromatic N) is 2. The molecule has 0 saturated carbocycles. The molecular formula is C34H22N2S. The van der Waals surface area contributed by atoms with Crippen LogP contribution in [-0.2, 0) is 0 Å². The lowest BCUT2D eigenvalue weighted by atomic mass is 10.0. The summed E-state index contributed by atoms with van der Waals surface area (Å²) >= 11 is 1.68. The fourth-order valence-corrected chi connectivity index (χ4v) is 5.55. The summed E-state index contributed by atoms with van der Waals surface area (Å²) < 4.78 is 0. The van der Waals surface area contributed by atoms with Crippen molar-refractivity contribution >= 4 is 78.2 Å². The third kappa shape index (κ3) is 4.42. The largest absolute Gasteiger partial charge is 0.255 e. The van der Waals surface area contributed by atoms with Gasteiger partial charge in [0.05, 0.1) is 11.4 Å². The molecule has 2 nitrogen and oxygen atoms in total. The summed E-state index contributed by atoms with van der Waals surface area (Å²) in [6, 6.07) is 42.8. The highest BCUT2D eigenvalue weighted by Gasteiger charge is 2.02. The van der Waals surface area contributed by atoms with E-state index in [2.05, 4.69) is 121 Å². The zero-order chi connectivity index (χ0) is 24.6. The zero-order valence-electron chi connectivity index (χ0n) is 20.0. The highest BCUT2D eigenvalue weighted by Crippen LogP contribution is 2.28. The highest BCUT2D eigenvalue weighted by atomic mass is 32.1. The lowest BCUT2D eigenvalue weighted by Crippen LogP contribution is -1.77. The van der Waals surface area contributed by atoms with E-state index in [9.17, 15) is 0 Å². The molecule has 37 heavy (non-hydrogen) atoms. The van der Waals surface area contributed by atoms with Crippen LogP contribution < -0.4 is 0 Å². The molecule has 0 N–H and O–H groups in total. The first-order valence-electron chi connectivity index (χ1n) is 12.3. The summed E-state index contributed by atoms with van der Waals surface area (Å²) in [6.45, 7) is 0. The number of fused-ring (bicyclic) bond motifs is 4. The van der Waals surface area contributed by atoms with Gasteiger partial charge in [-0.05, 0) is 104 Å². The van der Waals surface area contributed by atoms with Gasteiger partial charge in [-0.3, -0.25) is 9.98 Å². The number of rotatable bonds is 4. The van der Waals surface area contributed by atoms with Crippen LogP contribution in [0, 0.1) is 0 Å². The molecule has 0 unspecified atom stereocenters. The Bertz CT molecular complexity index is 1850. The maximum atomic E-state index is 4.74. The molecule has 0 aliphatic heterocycles. The molecule has 174 valence electrons. The molecule has 1 heterocycles. The van der Waals surface area contributed by atoms with Crippen LogP contribution in [0.3, 0.4) is 0 Å². The molecule has 1 aromatic heterocycles. The van der Waals surface area contributed by atoms with Gasteiger partial charge < -0.3 is 0 Å². The highest BCUT2D eigenvalue weighted by molar-refractivity contribution is 7.15. The van der Waals surface area contributed by atoms with E-state index in [1.54, 1.807) is 11.3 Å². The molecule has 0 bridgehead atoms. The second-order valence-electron chi connectivity index (χ2n) is 9.22. The third-order valence-electron chi connectivity index (χ3n) is 6.71. The maximum Gasteiger partial charge on any atom is 0.0636 e. The first-order chi connectivity index (χ1) is 18.3. The van der Waals surface area contributed by atoms with E-state index >= 15 is 0 Å². The SMILES string of the molecule is C(=Nc1ccc2cc3ccccc3cc2c1)c1ccc(C=Nc2ccc3cc4ccccc4cc3c2)s1. The van der Waals surface area contributed by atoms with Gasteiger partial charge in [0, 0.05) is 22.2 Å². The van der Waals surface area contributed by atoms with E-state index < -0.39 is 0 Å². The van der Waals surface area contributed by atoms with Crippen molar-refractivity contribution in [1.29, 1.82) is 0 Å². The van der Waals surface area contributed by atoms with Crippen LogP contribution in [0.2, 0.25) is 0 Å². The molecule has 0 atom stereocenters. The van der Waals surface area contributed by atoms with Gasteiger partial charge in [-0.2, -0.15) is 0 Å². The van der Waals surface area contributed by atoms with Crippen molar-refractivity contribution in [2.75, 3.05) is 0 Å². The molecule has 6 aromatic carbocycles. The lowest BCUT2D eigenvalue weighted by Gasteiger charge is -2.03. The van der Waals surface area contributed by atoms with Gasteiger partial charge in [0.2, 0.25) is 0 Å². The Morgan fingerprint density at radius 3 is 1.19 bits per heavy atom. The van der Waals surface area contributed by atoms with Crippen LogP contribution in [-0.4, -0.2) is 12.4 Å². The molecule has 0 aliphatic carbocycles. The minimum atomic E-state index is 0.954. The lowest BCUT2D eigenvalue weighted by molar-refractivity contribution is 1.57. The topological polar surface area (TPSA) is 24.7 Å². The van der Waals surface area contributed by atoms with E-state index in [1.807, 2.05) is 12.4 Å². The Morgan fingerprint density at radius 2 is 0.757 bits per heavy atom. The van der Waals surface area contributed by atoms with E-state index in [4.69, 9.17) is 9.98 Å². The van der Waals surface area contributed by atoms with Gasteiger partial charge in [0.1, 0.15) is 0 Å². The predicted molar refractivity (Wildman–Crippen MR) is 162 cm³/mol. The predicted octanol–water partition coefficient (Wildman–Crippen LogP) is 9.86. The van der Waals surface area contributed by atoms with Crippen LogP contribution >= 0.6 is 11.3 Å². The van der Waals surface area contributed by atoms with Gasteiger partial charge in [0.15, 0.2) is 0 Å². The Labute approximate surface area is 218 Å². The molecule has 0 aliphatic rings. The van der Waals surface area contributed by atoms with Crippen molar-refractivity contribution < 1.29 is 0 Å². The van der Waals surface area contributed by atoms with Gasteiger partial charge in [-0.15, -0.1) is 11.3 Å². The summed E-state index contributed by atoms with van der Waals surface area (Å²) in [5.74, 6) is 0. The Balaban J connectivity index is 1.10. The van der Waals surface area contributed by atoms with E-state index in [0.717, 1.165) is 21.1 Å². The number of hydrogen-bond acceptors (Lipinski definition) is 3. The van der Waals surface area contributed by atoms with Crippen molar-refractivity contribution in [3.05, 3.63) is 131 Å². The summed E-state index contributed by atoms with van der Waals surface area (Å²) in [7, 11) is 0. The van der Waals surface area contributed by atoms with Gasteiger partial charge >= 0.3 is 0 Å². The number of thiophene rings is 1. The first-order valence-corrected chi connectivity index (χ1v) is 13.1. The minimum Gasteiger partial charge on any atom is -0.255 e. The second-order valence-corrected chi connectivity index (χ2v) is 10.4. The Morgan fingerprint density at radius 1 is 0.378 bits per heavy atom. The number of hydrogen-bond donors (Lipinski definition) is 0. The molecule has 7 aromatic rings. The van der Waals surface area contributed by atoms with E-state index in [-0.39, 0.29) is 0 Å². The quantitative estimate of drug-likeness (QED) is 0.173. The Kier molecular flexibility index (Phi) is 5.34. The zero-order valence-corrected chi connectivity index (χ0v) is 20.8. The van der Waals surface area contributed by atoms with Crippen molar-refractivity contribution in [3.8, 4) is 0 Å². The molecule has 0 saturated heterocycles. The van der Waals surface area contributed by atoms with Crippen molar-refractivity contribution in [3.63, 3.8) is 0 Å². The van der Waals surface area contributed by atoms with Crippen LogP contribution in [0.5, 0.6) is 0 Å². The first kappa shape index (κ1) is 21.7. The van der Waals surface area contributed by atoms with Gasteiger partial charge in [0.25, 0.3) is 0 Å². The summed E-state index contributed by atoms with van der Waals surface area (Å²) in [4.78, 5) is 11.7. The second kappa shape index (κ2) is 9.12. The molecule has 0 radical (unpaired) electrons. The van der Waals surface area contributed by atoms with Gasteiger partial charge in [-0.1, -0.05) is 60.7 Å². The standard InChI is InChI=1S/C34H22N2S/c1-3-7-25-17-29-19-31(11-9-27(29)15-23(25)5-1)35-21-33-13-14-34(37-33)22-36-32-12-10-28-16-24-6-2-4-8-26(24)18-30(28)20-32/h1-22H. The third-order valence-corrected chi connectivity index (χ3v) is 7.66. The Hall–Kier alpha value is -4.60. The number of benzene rings is 6. The molecular weight excluding hydrogens is 468 g/mol. The molecule has 3 heteroatoms.